The summed E-state index contributed by atoms with van der Waals surface area (Å²) in [4.78, 5) is 2.73. The molecule has 3 aliphatic rings. The van der Waals surface area contributed by atoms with E-state index in [1.54, 1.807) is 0 Å². The second-order valence-corrected chi connectivity index (χ2v) is 5.34. The summed E-state index contributed by atoms with van der Waals surface area (Å²) in [5, 5.41) is 3.79. The van der Waals surface area contributed by atoms with Gasteiger partial charge in [0.1, 0.15) is 0 Å². The molecule has 1 unspecified atom stereocenters. The molecule has 1 saturated heterocycles. The molecule has 2 aliphatic carbocycles. The van der Waals surface area contributed by atoms with Crippen LogP contribution in [0.15, 0.2) is 0 Å². The van der Waals surface area contributed by atoms with Crippen molar-refractivity contribution in [3.05, 3.63) is 0 Å². The Hall–Kier alpha value is -0.0800. The van der Waals surface area contributed by atoms with Crippen molar-refractivity contribution >= 4 is 0 Å². The number of nitrogens with one attached hydrogen (secondary N) is 1. The molecular weight excluding hydrogens is 172 g/mol. The Bertz CT molecular complexity index is 196. The van der Waals surface area contributed by atoms with E-state index in [0.29, 0.717) is 0 Å². The van der Waals surface area contributed by atoms with E-state index < -0.39 is 0 Å². The number of hydrogen-bond acceptors (Lipinski definition) is 2. The first-order chi connectivity index (χ1) is 6.92. The minimum Gasteiger partial charge on any atom is -0.311 e. The van der Waals surface area contributed by atoms with Gasteiger partial charge in [-0.3, -0.25) is 0 Å². The van der Waals surface area contributed by atoms with Crippen molar-refractivity contribution in [1.82, 2.24) is 10.2 Å². The lowest BCUT2D eigenvalue weighted by Crippen LogP contribution is -2.32. The van der Waals surface area contributed by atoms with E-state index in [-0.39, 0.29) is 0 Å². The number of hydrogen-bond donors (Lipinski definition) is 1. The Kier molecular flexibility index (Phi) is 2.50. The summed E-state index contributed by atoms with van der Waals surface area (Å²) >= 11 is 0. The molecule has 1 aliphatic heterocycles. The topological polar surface area (TPSA) is 15.3 Å². The van der Waals surface area contributed by atoms with Crippen LogP contribution in [0.5, 0.6) is 0 Å². The zero-order valence-corrected chi connectivity index (χ0v) is 9.04. The molecule has 2 nitrogen and oxygen atoms in total. The predicted octanol–water partition coefficient (Wildman–Crippen LogP) is 1.76. The third kappa shape index (κ3) is 2.29. The van der Waals surface area contributed by atoms with Crippen molar-refractivity contribution in [2.24, 2.45) is 0 Å². The maximum absolute atomic E-state index is 3.79. The molecule has 0 amide bonds. The Balaban J connectivity index is 1.47. The van der Waals surface area contributed by atoms with Gasteiger partial charge in [0.15, 0.2) is 0 Å². The monoisotopic (exact) mass is 194 g/mol. The molecule has 1 atom stereocenters. The molecular formula is C12H22N2. The van der Waals surface area contributed by atoms with Crippen LogP contribution in [0, 0.1) is 0 Å². The minimum absolute atomic E-state index is 0.839. The molecule has 1 N–H and O–H groups in total. The summed E-state index contributed by atoms with van der Waals surface area (Å²) in [5.41, 5.74) is 0. The number of nitrogens with zero attached hydrogens (tertiary/aromatic N) is 1. The minimum atomic E-state index is 0.839. The largest absolute Gasteiger partial charge is 0.311 e. The summed E-state index contributed by atoms with van der Waals surface area (Å²) < 4.78 is 0. The summed E-state index contributed by atoms with van der Waals surface area (Å²) in [6, 6.07) is 2.72. The van der Waals surface area contributed by atoms with E-state index in [1.807, 2.05) is 0 Å². The van der Waals surface area contributed by atoms with Crippen LogP contribution in [0.3, 0.4) is 0 Å². The van der Waals surface area contributed by atoms with Gasteiger partial charge in [0, 0.05) is 18.1 Å². The molecule has 1 heterocycles. The first-order valence-corrected chi connectivity index (χ1v) is 6.42. The van der Waals surface area contributed by atoms with Gasteiger partial charge in [0.05, 0.1) is 0 Å². The maximum Gasteiger partial charge on any atom is 0.00964 e. The fraction of sp³-hybridized carbons (Fsp3) is 1.00. The zero-order valence-electron chi connectivity index (χ0n) is 9.04. The fourth-order valence-corrected chi connectivity index (χ4v) is 2.67. The highest BCUT2D eigenvalue weighted by Crippen LogP contribution is 2.29. The number of likely N-dealkylation sites (tertiary alicyclic amines) is 1. The molecule has 0 radical (unpaired) electrons. The van der Waals surface area contributed by atoms with Gasteiger partial charge in [-0.1, -0.05) is 0 Å². The standard InChI is InChI=1S/C12H22N2/c1-2-10(13-11-3-4-11)7-9-14(8-1)12-5-6-12/h10-13H,1-9H2. The van der Waals surface area contributed by atoms with E-state index in [2.05, 4.69) is 10.2 Å². The van der Waals surface area contributed by atoms with Crippen molar-refractivity contribution in [2.45, 2.75) is 63.1 Å². The normalized spacial score (nSPS) is 35.6. The van der Waals surface area contributed by atoms with Crippen molar-refractivity contribution < 1.29 is 0 Å². The molecule has 0 aromatic rings. The van der Waals surface area contributed by atoms with Crippen LogP contribution in [0.4, 0.5) is 0 Å². The predicted molar refractivity (Wildman–Crippen MR) is 58.4 cm³/mol. The Morgan fingerprint density at radius 3 is 2.29 bits per heavy atom. The highest BCUT2D eigenvalue weighted by atomic mass is 15.2. The van der Waals surface area contributed by atoms with Gasteiger partial charge >= 0.3 is 0 Å². The maximum atomic E-state index is 3.79. The van der Waals surface area contributed by atoms with E-state index in [9.17, 15) is 0 Å². The molecule has 14 heavy (non-hydrogen) atoms. The molecule has 0 aromatic carbocycles. The molecule has 3 fully saturated rings. The van der Waals surface area contributed by atoms with Gasteiger partial charge in [0.2, 0.25) is 0 Å². The van der Waals surface area contributed by atoms with Crippen LogP contribution in [0.25, 0.3) is 0 Å². The van der Waals surface area contributed by atoms with E-state index in [1.165, 1.54) is 58.0 Å². The first-order valence-electron chi connectivity index (χ1n) is 6.42. The highest BCUT2D eigenvalue weighted by Gasteiger charge is 2.31. The Morgan fingerprint density at radius 1 is 0.786 bits per heavy atom. The van der Waals surface area contributed by atoms with Gasteiger partial charge in [-0.05, 0) is 58.0 Å². The molecule has 0 aromatic heterocycles. The Labute approximate surface area is 87.0 Å². The lowest BCUT2D eigenvalue weighted by atomic mass is 10.1. The summed E-state index contributed by atoms with van der Waals surface area (Å²) in [6.07, 6.45) is 10.0. The molecule has 2 heteroatoms. The third-order valence-electron chi connectivity index (χ3n) is 3.87. The second kappa shape index (κ2) is 3.82. The van der Waals surface area contributed by atoms with Gasteiger partial charge in [-0.25, -0.2) is 0 Å². The van der Waals surface area contributed by atoms with E-state index in [4.69, 9.17) is 0 Å². The lowest BCUT2D eigenvalue weighted by molar-refractivity contribution is 0.272. The van der Waals surface area contributed by atoms with Crippen LogP contribution in [0.1, 0.15) is 44.9 Å². The average Bonchev–Trinajstić information content (AvgIpc) is 3.05. The fourth-order valence-electron chi connectivity index (χ4n) is 2.67. The molecule has 0 spiro atoms. The summed E-state index contributed by atoms with van der Waals surface area (Å²) in [7, 11) is 0. The average molecular weight is 194 g/mol. The second-order valence-electron chi connectivity index (χ2n) is 5.34. The SMILES string of the molecule is C1CC(NC2CC2)CCN(C2CC2)C1. The lowest BCUT2D eigenvalue weighted by Gasteiger charge is -2.19. The van der Waals surface area contributed by atoms with Gasteiger partial charge < -0.3 is 10.2 Å². The van der Waals surface area contributed by atoms with Crippen molar-refractivity contribution in [3.8, 4) is 0 Å². The molecule has 0 bridgehead atoms. The molecule has 3 rings (SSSR count). The van der Waals surface area contributed by atoms with Gasteiger partial charge in [-0.15, -0.1) is 0 Å². The smallest absolute Gasteiger partial charge is 0.00964 e. The highest BCUT2D eigenvalue weighted by molar-refractivity contribution is 4.90. The van der Waals surface area contributed by atoms with Crippen molar-refractivity contribution in [3.63, 3.8) is 0 Å². The van der Waals surface area contributed by atoms with Crippen LogP contribution >= 0.6 is 0 Å². The quantitative estimate of drug-likeness (QED) is 0.736. The van der Waals surface area contributed by atoms with Crippen LogP contribution in [-0.4, -0.2) is 36.1 Å². The van der Waals surface area contributed by atoms with E-state index >= 15 is 0 Å². The van der Waals surface area contributed by atoms with Crippen molar-refractivity contribution in [1.29, 1.82) is 0 Å². The molecule has 80 valence electrons. The first kappa shape index (κ1) is 9.17. The number of rotatable bonds is 3. The van der Waals surface area contributed by atoms with Crippen LogP contribution in [-0.2, 0) is 0 Å². The van der Waals surface area contributed by atoms with Gasteiger partial charge in [-0.2, -0.15) is 0 Å². The third-order valence-corrected chi connectivity index (χ3v) is 3.87. The summed E-state index contributed by atoms with van der Waals surface area (Å²) in [5.74, 6) is 0. The van der Waals surface area contributed by atoms with Crippen LogP contribution in [0.2, 0.25) is 0 Å². The molecule has 2 saturated carbocycles. The van der Waals surface area contributed by atoms with Crippen molar-refractivity contribution in [2.75, 3.05) is 13.1 Å². The Morgan fingerprint density at radius 2 is 1.57 bits per heavy atom. The van der Waals surface area contributed by atoms with Gasteiger partial charge in [0.25, 0.3) is 0 Å². The van der Waals surface area contributed by atoms with Crippen LogP contribution < -0.4 is 5.32 Å². The summed E-state index contributed by atoms with van der Waals surface area (Å²) in [6.45, 7) is 2.72. The van der Waals surface area contributed by atoms with E-state index in [0.717, 1.165) is 18.1 Å². The zero-order chi connectivity index (χ0) is 9.38.